The first kappa shape index (κ1) is 23.1. The lowest BCUT2D eigenvalue weighted by molar-refractivity contribution is -0.144. The Bertz CT molecular complexity index is 1220. The Balaban J connectivity index is 2.15. The molecule has 0 saturated carbocycles. The van der Waals surface area contributed by atoms with Gasteiger partial charge in [0.1, 0.15) is 11.6 Å². The zero-order valence-electron chi connectivity index (χ0n) is 17.2. The third kappa shape index (κ3) is 5.22. The monoisotopic (exact) mass is 549 g/mol. The predicted molar refractivity (Wildman–Crippen MR) is 127 cm³/mol. The molecule has 1 heterocycles. The van der Waals surface area contributed by atoms with Crippen LogP contribution in [0, 0.1) is 0 Å². The van der Waals surface area contributed by atoms with Crippen molar-refractivity contribution < 1.29 is 14.6 Å². The Morgan fingerprint density at radius 3 is 2.58 bits per heavy atom. The molecule has 3 aromatic rings. The highest BCUT2D eigenvalue weighted by Crippen LogP contribution is 2.24. The molecule has 0 radical (unpaired) electrons. The van der Waals surface area contributed by atoms with Crippen molar-refractivity contribution in [3.05, 3.63) is 67.1 Å². The van der Waals surface area contributed by atoms with Crippen LogP contribution in [0.15, 0.2) is 55.2 Å². The summed E-state index contributed by atoms with van der Waals surface area (Å²) in [5.41, 5.74) is 0.852. The fourth-order valence-electron chi connectivity index (χ4n) is 2.87. The molecule has 2 atom stereocenters. The van der Waals surface area contributed by atoms with Crippen molar-refractivity contribution in [3.63, 3.8) is 0 Å². The second kappa shape index (κ2) is 9.74. The number of carbonyl (C=O) groups is 1. The molecule has 0 unspecified atom stereocenters. The van der Waals surface area contributed by atoms with Crippen LogP contribution in [0.5, 0.6) is 5.75 Å². The van der Waals surface area contributed by atoms with E-state index >= 15 is 0 Å². The fourth-order valence-corrected chi connectivity index (χ4v) is 3.61. The number of carboxylic acid groups (broad SMARTS) is 1. The van der Waals surface area contributed by atoms with Crippen molar-refractivity contribution in [1.29, 1.82) is 0 Å². The Morgan fingerprint density at radius 2 is 1.90 bits per heavy atom. The average molecular weight is 551 g/mol. The van der Waals surface area contributed by atoms with Crippen LogP contribution in [-0.4, -0.2) is 33.1 Å². The number of carboxylic acids is 1. The van der Waals surface area contributed by atoms with E-state index in [9.17, 15) is 9.59 Å². The zero-order valence-corrected chi connectivity index (χ0v) is 20.3. The van der Waals surface area contributed by atoms with Crippen molar-refractivity contribution >= 4 is 54.9 Å². The lowest BCUT2D eigenvalue weighted by atomic mass is 10.1. The van der Waals surface area contributed by atoms with Crippen LogP contribution in [0.25, 0.3) is 10.9 Å². The minimum atomic E-state index is -1.08. The minimum Gasteiger partial charge on any atom is -0.479 e. The molecule has 3 rings (SSSR count). The first-order valence-corrected chi connectivity index (χ1v) is 11.3. The number of hydrogen-bond acceptors (Lipinski definition) is 5. The van der Waals surface area contributed by atoms with Crippen LogP contribution in [0.4, 0.5) is 0 Å². The highest BCUT2D eigenvalue weighted by Gasteiger charge is 2.17. The average Bonchev–Trinajstić information content (AvgIpc) is 2.74. The SMILES string of the molecule is CC[C@H](C)c1nc2ccc(Br)cc2c(=O)n1N=Cc1cc(Br)ccc1O[C@H](C)C(=O)O. The molecular weight excluding hydrogens is 530 g/mol. The van der Waals surface area contributed by atoms with Crippen molar-refractivity contribution in [1.82, 2.24) is 9.66 Å². The molecule has 162 valence electrons. The van der Waals surface area contributed by atoms with Crippen LogP contribution >= 0.6 is 31.9 Å². The van der Waals surface area contributed by atoms with Gasteiger partial charge in [-0.15, -0.1) is 0 Å². The second-order valence-electron chi connectivity index (χ2n) is 7.08. The Kier molecular flexibility index (Phi) is 7.27. The Morgan fingerprint density at radius 1 is 1.23 bits per heavy atom. The summed E-state index contributed by atoms with van der Waals surface area (Å²) in [6.45, 7) is 5.45. The van der Waals surface area contributed by atoms with Gasteiger partial charge in [-0.05, 0) is 49.7 Å². The fraction of sp³-hybridized carbons (Fsp3) is 0.273. The van der Waals surface area contributed by atoms with Crippen molar-refractivity contribution in [2.75, 3.05) is 0 Å². The predicted octanol–water partition coefficient (Wildman–Crippen LogP) is 5.17. The maximum Gasteiger partial charge on any atom is 0.344 e. The van der Waals surface area contributed by atoms with E-state index in [2.05, 4.69) is 41.9 Å². The third-order valence-corrected chi connectivity index (χ3v) is 5.81. The number of aliphatic carboxylic acids is 1. The summed E-state index contributed by atoms with van der Waals surface area (Å²) >= 11 is 6.80. The molecule has 0 saturated heterocycles. The largest absolute Gasteiger partial charge is 0.479 e. The summed E-state index contributed by atoms with van der Waals surface area (Å²) in [6, 6.07) is 10.5. The van der Waals surface area contributed by atoms with Gasteiger partial charge in [0.05, 0.1) is 17.1 Å². The molecule has 0 amide bonds. The van der Waals surface area contributed by atoms with Gasteiger partial charge in [-0.25, -0.2) is 9.78 Å². The molecule has 0 bridgehead atoms. The molecule has 0 aliphatic heterocycles. The van der Waals surface area contributed by atoms with Gasteiger partial charge in [0.2, 0.25) is 0 Å². The van der Waals surface area contributed by atoms with Gasteiger partial charge < -0.3 is 9.84 Å². The maximum atomic E-state index is 13.2. The van der Waals surface area contributed by atoms with Crippen LogP contribution in [0.1, 0.15) is 44.5 Å². The van der Waals surface area contributed by atoms with Gasteiger partial charge in [-0.2, -0.15) is 9.78 Å². The summed E-state index contributed by atoms with van der Waals surface area (Å²) in [5.74, 6) is -0.181. The van der Waals surface area contributed by atoms with Gasteiger partial charge in [0.15, 0.2) is 6.10 Å². The quantitative estimate of drug-likeness (QED) is 0.410. The van der Waals surface area contributed by atoms with E-state index in [1.54, 1.807) is 30.3 Å². The Labute approximate surface area is 196 Å². The van der Waals surface area contributed by atoms with Crippen LogP contribution in [0.3, 0.4) is 0 Å². The topological polar surface area (TPSA) is 93.8 Å². The van der Waals surface area contributed by atoms with E-state index < -0.39 is 12.1 Å². The molecule has 1 aromatic heterocycles. The molecule has 1 N–H and O–H groups in total. The molecular formula is C22H21Br2N3O4. The highest BCUT2D eigenvalue weighted by molar-refractivity contribution is 9.10. The van der Waals surface area contributed by atoms with E-state index in [0.717, 1.165) is 15.4 Å². The molecule has 0 spiro atoms. The smallest absolute Gasteiger partial charge is 0.344 e. The van der Waals surface area contributed by atoms with Gasteiger partial charge in [-0.3, -0.25) is 4.79 Å². The van der Waals surface area contributed by atoms with E-state index in [1.807, 2.05) is 19.9 Å². The normalized spacial score (nSPS) is 13.5. The lowest BCUT2D eigenvalue weighted by Gasteiger charge is -2.15. The summed E-state index contributed by atoms with van der Waals surface area (Å²) < 4.78 is 8.38. The minimum absolute atomic E-state index is 0.00293. The number of rotatable bonds is 7. The number of nitrogens with zero attached hydrogens (tertiary/aromatic N) is 3. The van der Waals surface area contributed by atoms with Gasteiger partial charge in [0.25, 0.3) is 5.56 Å². The number of halogens is 2. The number of aromatic nitrogens is 2. The second-order valence-corrected chi connectivity index (χ2v) is 8.91. The first-order chi connectivity index (χ1) is 14.7. The van der Waals surface area contributed by atoms with Crippen LogP contribution in [-0.2, 0) is 4.79 Å². The highest BCUT2D eigenvalue weighted by atomic mass is 79.9. The lowest BCUT2D eigenvalue weighted by Crippen LogP contribution is -2.24. The summed E-state index contributed by atoms with van der Waals surface area (Å²) in [6.07, 6.45) is 1.23. The standard InChI is InChI=1S/C22H21Br2N3O4/c1-4-12(2)20-26-18-7-5-16(24)10-17(18)21(28)27(20)25-11-14-9-15(23)6-8-19(14)31-13(3)22(29)30/h5-13H,4H2,1-3H3,(H,29,30)/t12-,13+/m0/s1. The molecule has 0 aliphatic rings. The van der Waals surface area contributed by atoms with Crippen molar-refractivity contribution in [2.45, 2.75) is 39.2 Å². The molecule has 0 aliphatic carbocycles. The van der Waals surface area contributed by atoms with E-state index in [4.69, 9.17) is 9.84 Å². The van der Waals surface area contributed by atoms with E-state index in [1.165, 1.54) is 17.8 Å². The number of fused-ring (bicyclic) bond motifs is 1. The van der Waals surface area contributed by atoms with Crippen molar-refractivity contribution in [2.24, 2.45) is 5.10 Å². The van der Waals surface area contributed by atoms with Gasteiger partial charge >= 0.3 is 5.97 Å². The first-order valence-electron chi connectivity index (χ1n) is 9.66. The molecule has 2 aromatic carbocycles. The summed E-state index contributed by atoms with van der Waals surface area (Å²) in [5, 5.41) is 14.0. The van der Waals surface area contributed by atoms with Gasteiger partial charge in [-0.1, -0.05) is 45.7 Å². The Hall–Kier alpha value is -2.52. The van der Waals surface area contributed by atoms with Crippen molar-refractivity contribution in [3.8, 4) is 5.75 Å². The maximum absolute atomic E-state index is 13.2. The van der Waals surface area contributed by atoms with Crippen LogP contribution in [0.2, 0.25) is 0 Å². The molecule has 7 nitrogen and oxygen atoms in total. The summed E-state index contributed by atoms with van der Waals surface area (Å²) in [7, 11) is 0. The summed E-state index contributed by atoms with van der Waals surface area (Å²) in [4.78, 5) is 29.1. The van der Waals surface area contributed by atoms with Gasteiger partial charge in [0, 0.05) is 20.4 Å². The number of ether oxygens (including phenoxy) is 1. The number of benzene rings is 2. The molecule has 31 heavy (non-hydrogen) atoms. The van der Waals surface area contributed by atoms with E-state index in [-0.39, 0.29) is 11.5 Å². The molecule has 9 heteroatoms. The zero-order chi connectivity index (χ0) is 22.7. The molecule has 0 fully saturated rings. The third-order valence-electron chi connectivity index (χ3n) is 4.82. The van der Waals surface area contributed by atoms with E-state index in [0.29, 0.717) is 28.0 Å². The number of hydrogen-bond donors (Lipinski definition) is 1. The van der Waals surface area contributed by atoms with Crippen LogP contribution < -0.4 is 10.3 Å².